The number of benzene rings is 2. The van der Waals surface area contributed by atoms with E-state index in [1.807, 2.05) is 43.3 Å². The van der Waals surface area contributed by atoms with Crippen LogP contribution in [0.3, 0.4) is 0 Å². The Labute approximate surface area is 174 Å². The van der Waals surface area contributed by atoms with Crippen LogP contribution in [0.5, 0.6) is 0 Å². The molecule has 2 aromatic rings. The number of nitrogens with zero attached hydrogens (tertiary/aromatic N) is 2. The van der Waals surface area contributed by atoms with Crippen LogP contribution in [0.4, 0.5) is 17.1 Å². The molecule has 2 aromatic carbocycles. The van der Waals surface area contributed by atoms with Crippen LogP contribution >= 0.6 is 0 Å². The Bertz CT molecular complexity index is 840. The maximum Gasteiger partial charge on any atom is 0.255 e. The summed E-state index contributed by atoms with van der Waals surface area (Å²) in [6.45, 7) is 5.85. The second kappa shape index (κ2) is 8.17. The molecular formula is C24H33N4O+. The highest BCUT2D eigenvalue weighted by Gasteiger charge is 2.47. The van der Waals surface area contributed by atoms with Gasteiger partial charge in [0.15, 0.2) is 0 Å². The highest BCUT2D eigenvalue weighted by molar-refractivity contribution is 6.04. The van der Waals surface area contributed by atoms with Crippen LogP contribution in [0, 0.1) is 0 Å². The van der Waals surface area contributed by atoms with Crippen LogP contribution in [0.15, 0.2) is 48.5 Å². The van der Waals surface area contributed by atoms with E-state index >= 15 is 0 Å². The molecule has 3 unspecified atom stereocenters. The van der Waals surface area contributed by atoms with Crippen molar-refractivity contribution in [3.8, 4) is 0 Å². The third-order valence-electron chi connectivity index (χ3n) is 6.87. The van der Waals surface area contributed by atoms with Gasteiger partial charge < -0.3 is 15.5 Å². The van der Waals surface area contributed by atoms with E-state index in [4.69, 9.17) is 0 Å². The first-order valence-corrected chi connectivity index (χ1v) is 10.8. The van der Waals surface area contributed by atoms with E-state index in [-0.39, 0.29) is 5.91 Å². The molecule has 2 aliphatic rings. The van der Waals surface area contributed by atoms with E-state index in [1.165, 1.54) is 31.5 Å². The van der Waals surface area contributed by atoms with Crippen molar-refractivity contribution in [2.45, 2.75) is 38.3 Å². The highest BCUT2D eigenvalue weighted by atomic mass is 16.1. The van der Waals surface area contributed by atoms with Crippen molar-refractivity contribution in [3.63, 3.8) is 0 Å². The molecule has 2 fully saturated rings. The zero-order valence-electron chi connectivity index (χ0n) is 17.8. The lowest BCUT2D eigenvalue weighted by Gasteiger charge is -2.43. The first-order chi connectivity index (χ1) is 14.0. The fourth-order valence-corrected chi connectivity index (χ4v) is 5.21. The van der Waals surface area contributed by atoms with Gasteiger partial charge >= 0.3 is 0 Å². The Morgan fingerprint density at radius 1 is 1.07 bits per heavy atom. The monoisotopic (exact) mass is 393 g/mol. The molecule has 0 radical (unpaired) electrons. The maximum absolute atomic E-state index is 12.6. The lowest BCUT2D eigenvalue weighted by Crippen LogP contribution is -2.59. The van der Waals surface area contributed by atoms with Crippen molar-refractivity contribution in [2.75, 3.05) is 43.9 Å². The second-order valence-corrected chi connectivity index (χ2v) is 8.73. The smallest absolute Gasteiger partial charge is 0.255 e. The van der Waals surface area contributed by atoms with Crippen LogP contribution in [0.25, 0.3) is 0 Å². The summed E-state index contributed by atoms with van der Waals surface area (Å²) in [5.74, 6) is -0.0681. The first-order valence-electron chi connectivity index (χ1n) is 10.8. The first kappa shape index (κ1) is 19.9. The Morgan fingerprint density at radius 2 is 1.79 bits per heavy atom. The third-order valence-corrected chi connectivity index (χ3v) is 6.87. The molecule has 0 aromatic heterocycles. The van der Waals surface area contributed by atoms with E-state index in [1.54, 1.807) is 0 Å². The molecule has 0 bridgehead atoms. The van der Waals surface area contributed by atoms with Crippen molar-refractivity contribution in [1.82, 2.24) is 9.80 Å². The van der Waals surface area contributed by atoms with Gasteiger partial charge in [-0.1, -0.05) is 0 Å². The van der Waals surface area contributed by atoms with E-state index in [0.717, 1.165) is 28.9 Å². The van der Waals surface area contributed by atoms with Crippen LogP contribution < -0.4 is 20.0 Å². The summed E-state index contributed by atoms with van der Waals surface area (Å²) in [5, 5.41) is 6.60. The van der Waals surface area contributed by atoms with Gasteiger partial charge in [0, 0.05) is 75.5 Å². The maximum atomic E-state index is 12.6. The van der Waals surface area contributed by atoms with Crippen LogP contribution in [-0.2, 0) is 0 Å². The standard InChI is InChI=1S/C24H32N4O/c1-18-5-4-16-28(18,23-14-15-25-17-23)22-12-8-20(9-13-22)26-24(29)19-6-10-21(11-7-19)27(2)3/h6-13,18,23,25H,4-5,14-17H2,1-3H3/p+1. The molecule has 1 amide bonds. The van der Waals surface area contributed by atoms with Crippen molar-refractivity contribution in [1.29, 1.82) is 0 Å². The summed E-state index contributed by atoms with van der Waals surface area (Å²) in [5.41, 5.74) is 4.00. The molecular weight excluding hydrogens is 360 g/mol. The Balaban J connectivity index is 1.50. The molecule has 2 N–H and O–H groups in total. The number of hydrogen-bond acceptors (Lipinski definition) is 3. The number of anilines is 2. The van der Waals surface area contributed by atoms with E-state index in [2.05, 4.69) is 41.8 Å². The van der Waals surface area contributed by atoms with Gasteiger partial charge in [-0.3, -0.25) is 9.28 Å². The van der Waals surface area contributed by atoms with E-state index < -0.39 is 0 Å². The number of hydrogen-bond donors (Lipinski definition) is 2. The molecule has 0 aliphatic carbocycles. The minimum absolute atomic E-state index is 0.0681. The molecule has 0 saturated carbocycles. The molecule has 4 rings (SSSR count). The number of carbonyl (C=O) groups excluding carboxylic acids is 1. The summed E-state index contributed by atoms with van der Waals surface area (Å²) in [7, 11) is 3.99. The van der Waals surface area contributed by atoms with Gasteiger partial charge in [-0.05, 0) is 43.3 Å². The lowest BCUT2D eigenvalue weighted by molar-refractivity contribution is 0.102. The predicted molar refractivity (Wildman–Crippen MR) is 122 cm³/mol. The molecule has 5 nitrogen and oxygen atoms in total. The van der Waals surface area contributed by atoms with Crippen LogP contribution in [-0.4, -0.2) is 51.7 Å². The Kier molecular flexibility index (Phi) is 5.61. The molecule has 0 spiro atoms. The second-order valence-electron chi connectivity index (χ2n) is 8.73. The summed E-state index contributed by atoms with van der Waals surface area (Å²) in [6.07, 6.45) is 3.82. The van der Waals surface area contributed by atoms with E-state index in [0.29, 0.717) is 17.6 Å². The largest absolute Gasteiger partial charge is 0.378 e. The van der Waals surface area contributed by atoms with Crippen LogP contribution in [0.2, 0.25) is 0 Å². The molecule has 29 heavy (non-hydrogen) atoms. The lowest BCUT2D eigenvalue weighted by atomic mass is 10.1. The van der Waals surface area contributed by atoms with E-state index in [9.17, 15) is 4.79 Å². The molecule has 2 aliphatic heterocycles. The van der Waals surface area contributed by atoms with Gasteiger partial charge in [-0.2, -0.15) is 0 Å². The van der Waals surface area contributed by atoms with Crippen molar-refractivity contribution in [3.05, 3.63) is 54.1 Å². The number of amides is 1. The number of rotatable bonds is 5. The molecule has 2 saturated heterocycles. The topological polar surface area (TPSA) is 44.4 Å². The molecule has 154 valence electrons. The summed E-state index contributed by atoms with van der Waals surface area (Å²) in [4.78, 5) is 14.6. The van der Waals surface area contributed by atoms with Crippen molar-refractivity contribution >= 4 is 23.0 Å². The average Bonchev–Trinajstić information content (AvgIpc) is 3.39. The van der Waals surface area contributed by atoms with Gasteiger partial charge in [0.2, 0.25) is 0 Å². The fourth-order valence-electron chi connectivity index (χ4n) is 5.21. The van der Waals surface area contributed by atoms with Crippen molar-refractivity contribution in [2.24, 2.45) is 0 Å². The minimum Gasteiger partial charge on any atom is -0.378 e. The summed E-state index contributed by atoms with van der Waals surface area (Å²) < 4.78 is 1.09. The average molecular weight is 394 g/mol. The minimum atomic E-state index is -0.0681. The number of quaternary nitrogens is 1. The van der Waals surface area contributed by atoms with Gasteiger partial charge in [0.1, 0.15) is 11.7 Å². The molecule has 2 heterocycles. The van der Waals surface area contributed by atoms with Gasteiger partial charge in [0.25, 0.3) is 5.91 Å². The van der Waals surface area contributed by atoms with Gasteiger partial charge in [0.05, 0.1) is 12.6 Å². The zero-order chi connectivity index (χ0) is 20.4. The number of carbonyl (C=O) groups is 1. The van der Waals surface area contributed by atoms with Gasteiger partial charge in [-0.25, -0.2) is 0 Å². The Morgan fingerprint density at radius 3 is 2.34 bits per heavy atom. The molecule has 3 atom stereocenters. The molecule has 5 heteroatoms. The summed E-state index contributed by atoms with van der Waals surface area (Å²) in [6, 6.07) is 17.6. The summed E-state index contributed by atoms with van der Waals surface area (Å²) >= 11 is 0. The zero-order valence-corrected chi connectivity index (χ0v) is 17.8. The SMILES string of the molecule is CC1CCC[N+]1(c1ccc(NC(=O)c2ccc(N(C)C)cc2)cc1)C1CCNC1. The van der Waals surface area contributed by atoms with Gasteiger partial charge in [-0.15, -0.1) is 0 Å². The van der Waals surface area contributed by atoms with Crippen molar-refractivity contribution < 1.29 is 4.79 Å². The number of likely N-dealkylation sites (tertiary alicyclic amines) is 1. The predicted octanol–water partition coefficient (Wildman–Crippen LogP) is 3.86. The fraction of sp³-hybridized carbons (Fsp3) is 0.458. The normalized spacial score (nSPS) is 26.4. The quantitative estimate of drug-likeness (QED) is 0.759. The number of nitrogens with one attached hydrogen (secondary N) is 2. The third kappa shape index (κ3) is 3.77. The Hall–Kier alpha value is -2.37. The van der Waals surface area contributed by atoms with Crippen LogP contribution in [0.1, 0.15) is 36.5 Å². The highest BCUT2D eigenvalue weighted by Crippen LogP contribution is 2.39.